The molecule has 3 aliphatic heterocycles. The van der Waals surface area contributed by atoms with Gasteiger partial charge in [0.15, 0.2) is 0 Å². The van der Waals surface area contributed by atoms with Crippen molar-refractivity contribution in [2.24, 2.45) is 0 Å². The first-order chi connectivity index (χ1) is 30.9. The average molecular weight is 881 g/mol. The third kappa shape index (κ3) is 14.5. The van der Waals surface area contributed by atoms with Crippen LogP contribution in [0.5, 0.6) is 5.75 Å². The number of fused-ring (bicyclic) bond motifs is 3. The van der Waals surface area contributed by atoms with E-state index < -0.39 is 20.4 Å². The summed E-state index contributed by atoms with van der Waals surface area (Å²) >= 11 is 0. The molecule has 0 bridgehead atoms. The maximum Gasteiger partial charge on any atom is 0.573 e. The van der Waals surface area contributed by atoms with Gasteiger partial charge in [-0.15, -0.1) is 13.2 Å². The Morgan fingerprint density at radius 1 is 0.523 bits per heavy atom. The Morgan fingerprint density at radius 3 is 1.58 bits per heavy atom. The summed E-state index contributed by atoms with van der Waals surface area (Å²) in [5.74, 6) is -0.150. The zero-order valence-corrected chi connectivity index (χ0v) is 37.0. The van der Waals surface area contributed by atoms with E-state index in [1.807, 2.05) is 18.2 Å². The van der Waals surface area contributed by atoms with Crippen molar-refractivity contribution in [3.05, 3.63) is 189 Å². The van der Waals surface area contributed by atoms with Crippen LogP contribution in [0.15, 0.2) is 127 Å². The fourth-order valence-electron chi connectivity index (χ4n) is 9.00. The van der Waals surface area contributed by atoms with E-state index in [-0.39, 0.29) is 20.1 Å². The molecule has 0 atom stereocenters. The minimum Gasteiger partial charge on any atom is -0.446 e. The van der Waals surface area contributed by atoms with Crippen molar-refractivity contribution in [3.8, 4) is 5.75 Å². The summed E-state index contributed by atoms with van der Waals surface area (Å²) in [4.78, 5) is 0. The first kappa shape index (κ1) is 49.4. The van der Waals surface area contributed by atoms with Gasteiger partial charge in [-0.2, -0.15) is 0 Å². The lowest BCUT2D eigenvalue weighted by atomic mass is 9.53. The highest BCUT2D eigenvalue weighted by Gasteiger charge is 2.32. The molecule has 0 aromatic heterocycles. The first-order valence-corrected chi connectivity index (χ1v) is 22.8. The molecule has 0 aliphatic carbocycles. The van der Waals surface area contributed by atoms with E-state index in [9.17, 15) is 28.2 Å². The summed E-state index contributed by atoms with van der Waals surface area (Å²) in [7, 11) is -0.752. The van der Waals surface area contributed by atoms with Crippen LogP contribution in [0.25, 0.3) is 0 Å². The van der Waals surface area contributed by atoms with Crippen LogP contribution < -0.4 is 21.1 Å². The number of hydrogen-bond donors (Lipinski definition) is 3. The molecular formula is C54H62B3F3O5. The van der Waals surface area contributed by atoms with E-state index in [4.69, 9.17) is 4.65 Å². The molecule has 0 saturated carbocycles. The van der Waals surface area contributed by atoms with Gasteiger partial charge < -0.3 is 24.5 Å². The minimum absolute atomic E-state index is 0. The van der Waals surface area contributed by atoms with Crippen LogP contribution in [-0.2, 0) is 62.4 Å². The van der Waals surface area contributed by atoms with Crippen molar-refractivity contribution in [1.82, 2.24) is 0 Å². The second kappa shape index (κ2) is 23.4. The van der Waals surface area contributed by atoms with Crippen LogP contribution in [0, 0.1) is 13.8 Å². The molecule has 11 heteroatoms. The highest BCUT2D eigenvalue weighted by molar-refractivity contribution is 6.67. The lowest BCUT2D eigenvalue weighted by Crippen LogP contribution is -2.41. The molecule has 6 aromatic rings. The van der Waals surface area contributed by atoms with E-state index in [0.717, 1.165) is 92.4 Å². The minimum atomic E-state index is -4.69. The lowest BCUT2D eigenvalue weighted by molar-refractivity contribution is -0.274. The molecule has 0 unspecified atom stereocenters. The van der Waals surface area contributed by atoms with Crippen LogP contribution in [0.3, 0.4) is 0 Å². The Bertz CT molecular complexity index is 2460. The van der Waals surface area contributed by atoms with Gasteiger partial charge in [0.2, 0.25) is 0 Å². The Morgan fingerprint density at radius 2 is 1.02 bits per heavy atom. The topological polar surface area (TPSA) is 79.2 Å². The zero-order valence-electron chi connectivity index (χ0n) is 37.0. The number of benzene rings is 6. The molecule has 3 heterocycles. The number of alkyl halides is 3. The fourth-order valence-corrected chi connectivity index (χ4v) is 9.00. The van der Waals surface area contributed by atoms with Crippen molar-refractivity contribution >= 4 is 37.3 Å². The van der Waals surface area contributed by atoms with Gasteiger partial charge in [-0.3, -0.25) is 0 Å². The van der Waals surface area contributed by atoms with E-state index in [1.165, 1.54) is 62.2 Å². The SMILES string of the molecule is C.Cc1ccc(CCc2ccc3c(c2)B(O)CCC3)cc1.Cc1cccc(CCc2ccc3c(c2)B(O)OCC3)c1.OB1CCCc2ccc(CCc3ccccc3OC(F)(F)F)cc21. The van der Waals surface area contributed by atoms with Crippen LogP contribution in [0.2, 0.25) is 12.6 Å². The summed E-state index contributed by atoms with van der Waals surface area (Å²) in [6.45, 7) is 4.16. The van der Waals surface area contributed by atoms with Crippen molar-refractivity contribution in [2.75, 3.05) is 6.61 Å². The molecular weight excluding hydrogens is 818 g/mol. The summed E-state index contributed by atoms with van der Waals surface area (Å²) in [5.41, 5.74) is 16.3. The number of aryl methyl sites for hydroxylation is 10. The summed E-state index contributed by atoms with van der Waals surface area (Å²) in [6.07, 6.45) is 7.22. The monoisotopic (exact) mass is 880 g/mol. The molecule has 6 aromatic carbocycles. The van der Waals surface area contributed by atoms with Gasteiger partial charge in [0.05, 0.1) is 0 Å². The second-order valence-electron chi connectivity index (χ2n) is 17.5. The van der Waals surface area contributed by atoms with E-state index >= 15 is 0 Å². The number of para-hydroxylation sites is 1. The molecule has 0 spiro atoms. The van der Waals surface area contributed by atoms with Crippen molar-refractivity contribution in [3.63, 3.8) is 0 Å². The quantitative estimate of drug-likeness (QED) is 0.120. The summed E-state index contributed by atoms with van der Waals surface area (Å²) < 4.78 is 46.8. The second-order valence-corrected chi connectivity index (χ2v) is 17.5. The molecule has 0 radical (unpaired) electrons. The third-order valence-electron chi connectivity index (χ3n) is 12.6. The highest BCUT2D eigenvalue weighted by atomic mass is 19.4. The zero-order chi connectivity index (χ0) is 45.1. The molecule has 5 nitrogen and oxygen atoms in total. The molecule has 3 aliphatic rings. The first-order valence-electron chi connectivity index (χ1n) is 22.8. The van der Waals surface area contributed by atoms with E-state index in [2.05, 4.69) is 104 Å². The Labute approximate surface area is 385 Å². The van der Waals surface area contributed by atoms with Gasteiger partial charge in [0.1, 0.15) is 5.75 Å². The predicted molar refractivity (Wildman–Crippen MR) is 262 cm³/mol. The molecule has 0 fully saturated rings. The number of hydrogen-bond acceptors (Lipinski definition) is 5. The fraction of sp³-hybridized carbons (Fsp3) is 0.333. The molecule has 0 saturated heterocycles. The predicted octanol–water partition coefficient (Wildman–Crippen LogP) is 9.10. The van der Waals surface area contributed by atoms with Gasteiger partial charge in [-0.1, -0.05) is 164 Å². The Hall–Kier alpha value is -5.06. The molecule has 3 N–H and O–H groups in total. The molecule has 65 heavy (non-hydrogen) atoms. The maximum absolute atomic E-state index is 12.5. The number of rotatable bonds is 10. The van der Waals surface area contributed by atoms with Crippen molar-refractivity contribution in [1.29, 1.82) is 0 Å². The normalized spacial score (nSPS) is 14.1. The highest BCUT2D eigenvalue weighted by Crippen LogP contribution is 2.27. The molecule has 338 valence electrons. The van der Waals surface area contributed by atoms with Gasteiger partial charge in [0, 0.05) is 6.61 Å². The van der Waals surface area contributed by atoms with Crippen molar-refractivity contribution < 1.29 is 37.6 Å². The van der Waals surface area contributed by atoms with Gasteiger partial charge in [-0.05, 0) is 146 Å². The molecule has 0 amide bonds. The number of halogens is 3. The largest absolute Gasteiger partial charge is 0.573 e. The van der Waals surface area contributed by atoms with Gasteiger partial charge >= 0.3 is 27.3 Å². The van der Waals surface area contributed by atoms with Crippen LogP contribution in [-0.4, -0.2) is 49.0 Å². The molecule has 9 rings (SSSR count). The number of ether oxygens (including phenoxy) is 1. The van der Waals surface area contributed by atoms with E-state index in [1.54, 1.807) is 12.1 Å². The standard InChI is InChI=1S/C18H18BF3O2.C18H21BO.C17H19BO2.CH4/c20-18(21,22)24-17-6-2-1-4-15(17)10-8-13-7-9-14-5-3-11-19(23)16(14)12-13;1-14-4-6-15(7-5-14)8-9-16-10-11-17-3-2-12-19(20)18(17)13-16;1-13-3-2-4-14(11-13)5-6-15-7-8-16-9-10-20-18(19)17(16)12-15;/h1-2,4,6-7,9,12,23H,3,5,8,10-11H2;4-7,10-11,13,20H,2-3,8-9,12H2,1H3;2-4,7-8,11-12,19H,5-6,9-10H2,1H3;1H4. The van der Waals surface area contributed by atoms with Crippen molar-refractivity contribution in [2.45, 2.75) is 111 Å². The van der Waals surface area contributed by atoms with Crippen LogP contribution >= 0.6 is 0 Å². The van der Waals surface area contributed by atoms with Crippen LogP contribution in [0.4, 0.5) is 13.2 Å². The third-order valence-corrected chi connectivity index (χ3v) is 12.6. The van der Waals surface area contributed by atoms with E-state index in [0.29, 0.717) is 25.0 Å². The Kier molecular flexibility index (Phi) is 17.8. The Balaban J connectivity index is 0.000000161. The van der Waals surface area contributed by atoms with Gasteiger partial charge in [0.25, 0.3) is 0 Å². The summed E-state index contributed by atoms with van der Waals surface area (Å²) in [5, 5.41) is 30.1. The lowest BCUT2D eigenvalue weighted by Gasteiger charge is -2.19. The average Bonchev–Trinajstić information content (AvgIpc) is 3.28. The summed E-state index contributed by atoms with van der Waals surface area (Å²) in [6, 6.07) is 42.6. The maximum atomic E-state index is 12.5. The van der Waals surface area contributed by atoms with Crippen LogP contribution in [0.1, 0.15) is 81.5 Å². The smallest absolute Gasteiger partial charge is 0.446 e. The van der Waals surface area contributed by atoms with Gasteiger partial charge in [-0.25, -0.2) is 0 Å².